The van der Waals surface area contributed by atoms with Crippen molar-refractivity contribution in [2.24, 2.45) is 0 Å². The Morgan fingerprint density at radius 2 is 1.96 bits per heavy atom. The molecule has 2 N–H and O–H groups in total. The summed E-state index contributed by atoms with van der Waals surface area (Å²) < 4.78 is 0. The summed E-state index contributed by atoms with van der Waals surface area (Å²) in [4.78, 5) is 22.9. The Kier molecular flexibility index (Phi) is 6.26. The highest BCUT2D eigenvalue weighted by Crippen LogP contribution is 2.18. The first-order chi connectivity index (χ1) is 11.5. The van der Waals surface area contributed by atoms with Crippen molar-refractivity contribution in [3.8, 4) is 0 Å². The maximum absolute atomic E-state index is 12.3. The minimum Gasteiger partial charge on any atom is -0.369 e. The Hall–Kier alpha value is -2.47. The van der Waals surface area contributed by atoms with E-state index in [1.165, 1.54) is 6.20 Å². The Morgan fingerprint density at radius 3 is 2.62 bits per heavy atom. The summed E-state index contributed by atoms with van der Waals surface area (Å²) in [6.07, 6.45) is 4.10. The van der Waals surface area contributed by atoms with Crippen molar-refractivity contribution < 1.29 is 4.79 Å². The fourth-order valence-corrected chi connectivity index (χ4v) is 2.22. The molecule has 0 atom stereocenters. The van der Waals surface area contributed by atoms with Gasteiger partial charge in [0.05, 0.1) is 12.4 Å². The molecular formula is C18H25N5O. The summed E-state index contributed by atoms with van der Waals surface area (Å²) in [6, 6.07) is 5.82. The van der Waals surface area contributed by atoms with Gasteiger partial charge in [0.2, 0.25) is 0 Å². The van der Waals surface area contributed by atoms with Crippen LogP contribution in [0.5, 0.6) is 0 Å². The topological polar surface area (TPSA) is 70.2 Å². The van der Waals surface area contributed by atoms with E-state index < -0.39 is 0 Å². The van der Waals surface area contributed by atoms with Crippen molar-refractivity contribution >= 4 is 17.4 Å². The maximum Gasteiger partial charge on any atom is 0.275 e. The number of benzene rings is 1. The lowest BCUT2D eigenvalue weighted by atomic mass is 10.1. The molecule has 1 amide bonds. The van der Waals surface area contributed by atoms with Crippen LogP contribution < -0.4 is 10.6 Å². The predicted molar refractivity (Wildman–Crippen MR) is 97.6 cm³/mol. The molecule has 2 aromatic rings. The van der Waals surface area contributed by atoms with Crippen molar-refractivity contribution in [1.82, 2.24) is 14.9 Å². The molecule has 6 nitrogen and oxygen atoms in total. The molecule has 0 aliphatic rings. The van der Waals surface area contributed by atoms with Gasteiger partial charge in [-0.25, -0.2) is 9.97 Å². The Balaban J connectivity index is 1.92. The number of rotatable bonds is 7. The SMILES string of the molecule is Cc1cccc(NC(=O)c2cnc(NCCCN(C)C)cn2)c1C. The number of anilines is 2. The molecule has 0 saturated carbocycles. The first-order valence-corrected chi connectivity index (χ1v) is 8.05. The fourth-order valence-electron chi connectivity index (χ4n) is 2.22. The van der Waals surface area contributed by atoms with Crippen LogP contribution in [0.25, 0.3) is 0 Å². The van der Waals surface area contributed by atoms with Gasteiger partial charge in [0.1, 0.15) is 11.5 Å². The van der Waals surface area contributed by atoms with Crippen molar-refractivity contribution in [2.45, 2.75) is 20.3 Å². The quantitative estimate of drug-likeness (QED) is 0.765. The van der Waals surface area contributed by atoms with Crippen LogP contribution in [-0.4, -0.2) is 48.0 Å². The van der Waals surface area contributed by atoms with Crippen molar-refractivity contribution in [1.29, 1.82) is 0 Å². The molecule has 128 valence electrons. The molecule has 0 saturated heterocycles. The summed E-state index contributed by atoms with van der Waals surface area (Å²) in [5.74, 6) is 0.424. The van der Waals surface area contributed by atoms with Crippen LogP contribution in [-0.2, 0) is 0 Å². The largest absolute Gasteiger partial charge is 0.369 e. The van der Waals surface area contributed by atoms with Crippen LogP contribution in [0.15, 0.2) is 30.6 Å². The Labute approximate surface area is 143 Å². The van der Waals surface area contributed by atoms with Gasteiger partial charge in [-0.15, -0.1) is 0 Å². The molecule has 6 heteroatoms. The summed E-state index contributed by atoms with van der Waals surface area (Å²) in [5.41, 5.74) is 3.29. The minimum absolute atomic E-state index is 0.254. The first-order valence-electron chi connectivity index (χ1n) is 8.05. The summed E-state index contributed by atoms with van der Waals surface area (Å²) >= 11 is 0. The van der Waals surface area contributed by atoms with E-state index in [9.17, 15) is 4.79 Å². The van der Waals surface area contributed by atoms with E-state index in [1.54, 1.807) is 6.20 Å². The lowest BCUT2D eigenvalue weighted by Gasteiger charge is -2.11. The summed E-state index contributed by atoms with van der Waals surface area (Å²) in [7, 11) is 4.09. The number of hydrogen-bond donors (Lipinski definition) is 2. The molecule has 0 spiro atoms. The normalized spacial score (nSPS) is 10.7. The van der Waals surface area contributed by atoms with Gasteiger partial charge >= 0.3 is 0 Å². The van der Waals surface area contributed by atoms with E-state index in [1.807, 2.05) is 46.1 Å². The second-order valence-corrected chi connectivity index (χ2v) is 6.07. The molecule has 24 heavy (non-hydrogen) atoms. The van der Waals surface area contributed by atoms with Gasteiger partial charge in [-0.3, -0.25) is 4.79 Å². The predicted octanol–water partition coefficient (Wildman–Crippen LogP) is 2.71. The highest BCUT2D eigenvalue weighted by Gasteiger charge is 2.10. The molecule has 0 bridgehead atoms. The molecule has 1 heterocycles. The van der Waals surface area contributed by atoms with Crippen molar-refractivity contribution in [2.75, 3.05) is 37.8 Å². The van der Waals surface area contributed by atoms with E-state index >= 15 is 0 Å². The maximum atomic E-state index is 12.3. The van der Waals surface area contributed by atoms with Gasteiger partial charge in [-0.1, -0.05) is 12.1 Å². The molecule has 1 aromatic heterocycles. The number of aromatic nitrogens is 2. The Morgan fingerprint density at radius 1 is 1.17 bits per heavy atom. The van der Waals surface area contributed by atoms with E-state index in [4.69, 9.17) is 0 Å². The molecule has 1 aromatic carbocycles. The zero-order valence-electron chi connectivity index (χ0n) is 14.8. The van der Waals surface area contributed by atoms with Gasteiger partial charge in [0.15, 0.2) is 0 Å². The van der Waals surface area contributed by atoms with E-state index in [0.29, 0.717) is 11.5 Å². The second-order valence-electron chi connectivity index (χ2n) is 6.07. The monoisotopic (exact) mass is 327 g/mol. The highest BCUT2D eigenvalue weighted by atomic mass is 16.1. The van der Waals surface area contributed by atoms with Crippen LogP contribution in [0, 0.1) is 13.8 Å². The summed E-state index contributed by atoms with van der Waals surface area (Å²) in [5, 5.41) is 6.08. The minimum atomic E-state index is -0.254. The summed E-state index contributed by atoms with van der Waals surface area (Å²) in [6.45, 7) is 5.83. The molecule has 0 aliphatic carbocycles. The average molecular weight is 327 g/mol. The molecule has 0 fully saturated rings. The second kappa shape index (κ2) is 8.40. The van der Waals surface area contributed by atoms with Crippen LogP contribution in [0.3, 0.4) is 0 Å². The van der Waals surface area contributed by atoms with Crippen molar-refractivity contribution in [3.63, 3.8) is 0 Å². The van der Waals surface area contributed by atoms with E-state index in [0.717, 1.165) is 36.3 Å². The van der Waals surface area contributed by atoms with Gasteiger partial charge in [-0.05, 0) is 58.1 Å². The molecule has 2 rings (SSSR count). The third kappa shape index (κ3) is 5.03. The molecule has 0 unspecified atom stereocenters. The number of nitrogens with zero attached hydrogens (tertiary/aromatic N) is 3. The van der Waals surface area contributed by atoms with Crippen molar-refractivity contribution in [3.05, 3.63) is 47.4 Å². The lowest BCUT2D eigenvalue weighted by molar-refractivity contribution is 0.102. The zero-order valence-corrected chi connectivity index (χ0v) is 14.8. The third-order valence-electron chi connectivity index (χ3n) is 3.83. The van der Waals surface area contributed by atoms with Crippen LogP contribution in [0.2, 0.25) is 0 Å². The Bertz CT molecular complexity index is 682. The number of amides is 1. The van der Waals surface area contributed by atoms with Gasteiger partial charge < -0.3 is 15.5 Å². The number of carbonyl (C=O) groups excluding carboxylic acids is 1. The van der Waals surface area contributed by atoms with Gasteiger partial charge in [-0.2, -0.15) is 0 Å². The number of nitrogens with one attached hydrogen (secondary N) is 2. The molecule has 0 radical (unpaired) electrons. The molecular weight excluding hydrogens is 302 g/mol. The third-order valence-corrected chi connectivity index (χ3v) is 3.83. The average Bonchev–Trinajstić information content (AvgIpc) is 2.56. The fraction of sp³-hybridized carbons (Fsp3) is 0.389. The van der Waals surface area contributed by atoms with Crippen LogP contribution in [0.1, 0.15) is 28.0 Å². The van der Waals surface area contributed by atoms with Crippen LogP contribution in [0.4, 0.5) is 11.5 Å². The van der Waals surface area contributed by atoms with Crippen LogP contribution >= 0.6 is 0 Å². The van der Waals surface area contributed by atoms with Gasteiger partial charge in [0.25, 0.3) is 5.91 Å². The lowest BCUT2D eigenvalue weighted by Crippen LogP contribution is -2.17. The molecule has 0 aliphatic heterocycles. The van der Waals surface area contributed by atoms with E-state index in [2.05, 4.69) is 25.5 Å². The van der Waals surface area contributed by atoms with Gasteiger partial charge in [0, 0.05) is 12.2 Å². The number of aryl methyl sites for hydroxylation is 1. The standard InChI is InChI=1S/C18H25N5O/c1-13-7-5-8-15(14(13)2)22-18(24)16-11-21-17(12-20-16)19-9-6-10-23(3)4/h5,7-8,11-12H,6,9-10H2,1-4H3,(H,19,21)(H,22,24). The first kappa shape index (κ1) is 17.9. The zero-order chi connectivity index (χ0) is 17.5. The highest BCUT2D eigenvalue weighted by molar-refractivity contribution is 6.03. The smallest absolute Gasteiger partial charge is 0.275 e. The number of hydrogen-bond acceptors (Lipinski definition) is 5. The number of carbonyl (C=O) groups is 1. The van der Waals surface area contributed by atoms with E-state index in [-0.39, 0.29) is 5.91 Å².